The highest BCUT2D eigenvalue weighted by Crippen LogP contribution is 2.35. The summed E-state index contributed by atoms with van der Waals surface area (Å²) in [6.45, 7) is 4.02. The molecule has 4 rings (SSSR count). The number of nitrogens with one attached hydrogen (secondary N) is 1. The van der Waals surface area contributed by atoms with Gasteiger partial charge in [0.2, 0.25) is 5.91 Å². The predicted octanol–water partition coefficient (Wildman–Crippen LogP) is 7.03. The molecule has 0 aliphatic rings. The number of rotatable bonds is 8. The summed E-state index contributed by atoms with van der Waals surface area (Å²) in [6, 6.07) is 27.8. The molecule has 4 aromatic rings. The lowest BCUT2D eigenvalue weighted by molar-refractivity contribution is -0.115. The fraction of sp³-hybridized carbons (Fsp3) is 0.167. The minimum atomic E-state index is -0.0689. The number of nitriles is 1. The van der Waals surface area contributed by atoms with Crippen LogP contribution in [0.1, 0.15) is 23.1 Å². The van der Waals surface area contributed by atoms with Crippen LogP contribution in [-0.4, -0.2) is 23.8 Å². The second kappa shape index (κ2) is 11.6. The Balaban J connectivity index is 1.60. The van der Waals surface area contributed by atoms with Crippen molar-refractivity contribution < 1.29 is 9.53 Å². The van der Waals surface area contributed by atoms with E-state index in [0.717, 1.165) is 44.9 Å². The summed E-state index contributed by atoms with van der Waals surface area (Å²) < 4.78 is 5.29. The molecule has 1 heterocycles. The van der Waals surface area contributed by atoms with E-state index < -0.39 is 0 Å². The van der Waals surface area contributed by atoms with Gasteiger partial charge in [0.05, 0.1) is 18.4 Å². The van der Waals surface area contributed by atoms with Crippen molar-refractivity contribution in [3.05, 3.63) is 95.6 Å². The molecule has 3 aromatic carbocycles. The molecular formula is C30H27N3O2S. The Labute approximate surface area is 216 Å². The van der Waals surface area contributed by atoms with Gasteiger partial charge in [-0.3, -0.25) is 4.79 Å². The van der Waals surface area contributed by atoms with Gasteiger partial charge in [0, 0.05) is 29.0 Å². The number of ether oxygens (including phenoxy) is 1. The molecule has 0 unspecified atom stereocenters. The Morgan fingerprint density at radius 3 is 2.31 bits per heavy atom. The Morgan fingerprint density at radius 2 is 1.67 bits per heavy atom. The number of nitrogens with zero attached hydrogens (tertiary/aromatic N) is 2. The van der Waals surface area contributed by atoms with Gasteiger partial charge in [-0.1, -0.05) is 48.5 Å². The van der Waals surface area contributed by atoms with Crippen LogP contribution in [0.25, 0.3) is 22.4 Å². The SMILES string of the molecule is COc1ccc(-c2cc(-c3ccccc3)nc(SCCC(=O)Nc3cc(C)cc(C)c3)c2C#N)cc1. The molecule has 0 spiro atoms. The van der Waals surface area contributed by atoms with E-state index in [9.17, 15) is 10.1 Å². The van der Waals surface area contributed by atoms with Crippen molar-refractivity contribution in [3.63, 3.8) is 0 Å². The number of carbonyl (C=O) groups excluding carboxylic acids is 1. The minimum absolute atomic E-state index is 0.0689. The van der Waals surface area contributed by atoms with Gasteiger partial charge in [-0.25, -0.2) is 4.98 Å². The lowest BCUT2D eigenvalue weighted by Crippen LogP contribution is -2.12. The molecule has 0 aliphatic heterocycles. The first-order valence-corrected chi connectivity index (χ1v) is 12.6. The van der Waals surface area contributed by atoms with Gasteiger partial charge in [-0.2, -0.15) is 5.26 Å². The summed E-state index contributed by atoms with van der Waals surface area (Å²) in [5.74, 6) is 1.18. The van der Waals surface area contributed by atoms with E-state index in [2.05, 4.69) is 17.5 Å². The quantitative estimate of drug-likeness (QED) is 0.267. The number of aryl methyl sites for hydroxylation is 2. The zero-order valence-electron chi connectivity index (χ0n) is 20.5. The summed E-state index contributed by atoms with van der Waals surface area (Å²) in [5.41, 5.74) is 6.95. The zero-order valence-corrected chi connectivity index (χ0v) is 21.4. The fourth-order valence-corrected chi connectivity index (χ4v) is 4.94. The van der Waals surface area contributed by atoms with Crippen molar-refractivity contribution in [2.75, 3.05) is 18.2 Å². The van der Waals surface area contributed by atoms with E-state index in [1.165, 1.54) is 11.8 Å². The number of pyridine rings is 1. The number of thioether (sulfide) groups is 1. The third-order valence-electron chi connectivity index (χ3n) is 5.64. The first-order valence-electron chi connectivity index (χ1n) is 11.6. The van der Waals surface area contributed by atoms with Gasteiger partial charge < -0.3 is 10.1 Å². The van der Waals surface area contributed by atoms with Crippen LogP contribution < -0.4 is 10.1 Å². The van der Waals surface area contributed by atoms with Crippen LogP contribution in [0.5, 0.6) is 5.75 Å². The van der Waals surface area contributed by atoms with Crippen LogP contribution in [0.15, 0.2) is 83.9 Å². The van der Waals surface area contributed by atoms with Crippen molar-refractivity contribution in [1.82, 2.24) is 4.98 Å². The van der Waals surface area contributed by atoms with E-state index in [-0.39, 0.29) is 5.91 Å². The molecular weight excluding hydrogens is 466 g/mol. The minimum Gasteiger partial charge on any atom is -0.497 e. The van der Waals surface area contributed by atoms with Gasteiger partial charge in [-0.05, 0) is 60.9 Å². The molecule has 6 heteroatoms. The third-order valence-corrected chi connectivity index (χ3v) is 6.62. The number of hydrogen-bond acceptors (Lipinski definition) is 5. The number of carbonyl (C=O) groups is 1. The molecule has 0 fully saturated rings. The third kappa shape index (κ3) is 6.12. The molecule has 1 N–H and O–H groups in total. The van der Waals surface area contributed by atoms with Crippen LogP contribution in [-0.2, 0) is 4.79 Å². The van der Waals surface area contributed by atoms with Crippen LogP contribution in [0, 0.1) is 25.2 Å². The standard InChI is InChI=1S/C30H27N3O2S/c1-20-15-21(2)17-24(16-20)32-29(34)13-14-36-30-27(19-31)26(22-9-11-25(35-3)12-10-22)18-28(33-30)23-7-5-4-6-8-23/h4-12,15-18H,13-14H2,1-3H3,(H,32,34). The summed E-state index contributed by atoms with van der Waals surface area (Å²) in [6.07, 6.45) is 0.303. The Hall–Kier alpha value is -4.08. The van der Waals surface area contributed by atoms with Crippen LogP contribution in [0.4, 0.5) is 5.69 Å². The molecule has 0 atom stereocenters. The van der Waals surface area contributed by atoms with Crippen LogP contribution >= 0.6 is 11.8 Å². The first-order chi connectivity index (χ1) is 17.5. The Morgan fingerprint density at radius 1 is 0.972 bits per heavy atom. The smallest absolute Gasteiger partial charge is 0.225 e. The molecule has 0 aliphatic carbocycles. The molecule has 0 bridgehead atoms. The predicted molar refractivity (Wildman–Crippen MR) is 146 cm³/mol. The van der Waals surface area contributed by atoms with Crippen molar-refractivity contribution in [2.24, 2.45) is 0 Å². The first kappa shape index (κ1) is 25.0. The zero-order chi connectivity index (χ0) is 25.5. The molecule has 0 radical (unpaired) electrons. The molecule has 0 saturated carbocycles. The number of aromatic nitrogens is 1. The number of hydrogen-bond donors (Lipinski definition) is 1. The normalized spacial score (nSPS) is 10.5. The van der Waals surface area contributed by atoms with E-state index in [1.54, 1.807) is 7.11 Å². The largest absolute Gasteiger partial charge is 0.497 e. The molecule has 5 nitrogen and oxygen atoms in total. The average Bonchev–Trinajstić information content (AvgIpc) is 2.88. The van der Waals surface area contributed by atoms with Crippen LogP contribution in [0.3, 0.4) is 0 Å². The van der Waals surface area contributed by atoms with Crippen molar-refractivity contribution in [1.29, 1.82) is 5.26 Å². The fourth-order valence-electron chi connectivity index (χ4n) is 4.00. The molecule has 0 saturated heterocycles. The monoisotopic (exact) mass is 493 g/mol. The van der Waals surface area contributed by atoms with E-state index >= 15 is 0 Å². The van der Waals surface area contributed by atoms with Gasteiger partial charge in [-0.15, -0.1) is 11.8 Å². The Bertz CT molecular complexity index is 1390. The highest BCUT2D eigenvalue weighted by atomic mass is 32.2. The highest BCUT2D eigenvalue weighted by molar-refractivity contribution is 7.99. The Kier molecular flexibility index (Phi) is 8.04. The second-order valence-corrected chi connectivity index (χ2v) is 9.55. The van der Waals surface area contributed by atoms with Gasteiger partial charge in [0.15, 0.2) is 0 Å². The van der Waals surface area contributed by atoms with Crippen LogP contribution in [0.2, 0.25) is 0 Å². The van der Waals surface area contributed by atoms with Crippen molar-refractivity contribution in [2.45, 2.75) is 25.3 Å². The highest BCUT2D eigenvalue weighted by Gasteiger charge is 2.16. The maximum absolute atomic E-state index is 12.6. The number of anilines is 1. The van der Waals surface area contributed by atoms with E-state index in [1.807, 2.05) is 86.6 Å². The molecule has 180 valence electrons. The molecule has 1 aromatic heterocycles. The molecule has 1 amide bonds. The second-order valence-electron chi connectivity index (χ2n) is 8.46. The van der Waals surface area contributed by atoms with Crippen molar-refractivity contribution >= 4 is 23.4 Å². The summed E-state index contributed by atoms with van der Waals surface area (Å²) in [5, 5.41) is 13.7. The topological polar surface area (TPSA) is 75.0 Å². The maximum atomic E-state index is 12.6. The van der Waals surface area contributed by atoms with E-state index in [0.29, 0.717) is 22.8 Å². The maximum Gasteiger partial charge on any atom is 0.225 e. The number of methoxy groups -OCH3 is 1. The van der Waals surface area contributed by atoms with Gasteiger partial charge in [0.25, 0.3) is 0 Å². The molecule has 36 heavy (non-hydrogen) atoms. The van der Waals surface area contributed by atoms with E-state index in [4.69, 9.17) is 9.72 Å². The van der Waals surface area contributed by atoms with Gasteiger partial charge in [0.1, 0.15) is 16.8 Å². The number of amides is 1. The summed E-state index contributed by atoms with van der Waals surface area (Å²) in [4.78, 5) is 17.4. The summed E-state index contributed by atoms with van der Waals surface area (Å²) >= 11 is 1.42. The lowest BCUT2D eigenvalue weighted by atomic mass is 9.99. The van der Waals surface area contributed by atoms with Gasteiger partial charge >= 0.3 is 0 Å². The number of benzene rings is 3. The van der Waals surface area contributed by atoms with Crippen molar-refractivity contribution in [3.8, 4) is 34.2 Å². The lowest BCUT2D eigenvalue weighted by Gasteiger charge is -2.13. The average molecular weight is 494 g/mol. The summed E-state index contributed by atoms with van der Waals surface area (Å²) in [7, 11) is 1.63.